The van der Waals surface area contributed by atoms with E-state index in [2.05, 4.69) is 0 Å². The number of aliphatic hydroxyl groups is 1. The summed E-state index contributed by atoms with van der Waals surface area (Å²) in [4.78, 5) is 15.0. The molecule has 2 aliphatic carbocycles. The van der Waals surface area contributed by atoms with Crippen molar-refractivity contribution in [3.05, 3.63) is 23.3 Å². The highest BCUT2D eigenvalue weighted by Crippen LogP contribution is 2.65. The molecule has 7 heteroatoms. The van der Waals surface area contributed by atoms with E-state index in [4.69, 9.17) is 4.74 Å². The van der Waals surface area contributed by atoms with E-state index in [1.807, 2.05) is 18.0 Å². The monoisotopic (exact) mass is 331 g/mol. The summed E-state index contributed by atoms with van der Waals surface area (Å²) in [5.41, 5.74) is -0.242. The van der Waals surface area contributed by atoms with Crippen molar-refractivity contribution in [2.45, 2.75) is 30.1 Å². The maximum atomic E-state index is 13.1. The number of hydrogen-bond donors (Lipinski definition) is 4. The van der Waals surface area contributed by atoms with E-state index >= 15 is 0 Å². The lowest BCUT2D eigenvalue weighted by Crippen LogP contribution is -2.66. The zero-order chi connectivity index (χ0) is 17.0. The van der Waals surface area contributed by atoms with Gasteiger partial charge in [-0.25, -0.2) is 0 Å². The second-order valence-corrected chi connectivity index (χ2v) is 7.14. The number of likely N-dealkylation sites (tertiary alicyclic amines) is 1. The molecule has 7 nitrogen and oxygen atoms in total. The van der Waals surface area contributed by atoms with E-state index < -0.39 is 40.9 Å². The molecule has 4 N–H and O–H groups in total. The topological polar surface area (TPSA) is 110 Å². The van der Waals surface area contributed by atoms with Crippen LogP contribution >= 0.6 is 0 Å². The molecule has 1 saturated heterocycles. The summed E-state index contributed by atoms with van der Waals surface area (Å²) in [6.45, 7) is 0.634. The van der Waals surface area contributed by atoms with Crippen LogP contribution in [0, 0.1) is 5.92 Å². The lowest BCUT2D eigenvalue weighted by molar-refractivity contribution is -0.0387. The number of aliphatic hydroxyl groups excluding tert-OH is 1. The molecule has 2 bridgehead atoms. The summed E-state index contributed by atoms with van der Waals surface area (Å²) >= 11 is 0. The van der Waals surface area contributed by atoms with Gasteiger partial charge in [0.2, 0.25) is 11.5 Å². The SMILES string of the molecule is CN1CC[C@@]23c4c5c(O)c(O)c(O)c4C(=O)[C@@H]1[C@@H]2C=C[C@H](O)[C@@H]3O5. The Morgan fingerprint density at radius 3 is 2.71 bits per heavy atom. The zero-order valence-corrected chi connectivity index (χ0v) is 12.9. The summed E-state index contributed by atoms with van der Waals surface area (Å²) in [6.07, 6.45) is 2.55. The third-order valence-electron chi connectivity index (χ3n) is 6.22. The number of carbonyl (C=O) groups is 1. The largest absolute Gasteiger partial charge is 0.504 e. The molecular weight excluding hydrogens is 314 g/mol. The van der Waals surface area contributed by atoms with Crippen molar-refractivity contribution in [2.75, 3.05) is 13.6 Å². The smallest absolute Gasteiger partial charge is 0.205 e. The van der Waals surface area contributed by atoms with E-state index in [1.54, 1.807) is 6.08 Å². The van der Waals surface area contributed by atoms with Crippen LogP contribution in [-0.2, 0) is 5.41 Å². The van der Waals surface area contributed by atoms with Gasteiger partial charge in [-0.05, 0) is 20.0 Å². The quantitative estimate of drug-likeness (QED) is 0.398. The number of Topliss-reactive ketones (excluding diaryl/α,β-unsaturated/α-hetero) is 1. The van der Waals surface area contributed by atoms with E-state index in [9.17, 15) is 25.2 Å². The van der Waals surface area contributed by atoms with Crippen LogP contribution in [0.4, 0.5) is 0 Å². The Kier molecular flexibility index (Phi) is 2.38. The highest BCUT2D eigenvalue weighted by Gasteiger charge is 2.67. The molecule has 2 aliphatic heterocycles. The van der Waals surface area contributed by atoms with Crippen LogP contribution in [0.3, 0.4) is 0 Å². The van der Waals surface area contributed by atoms with Crippen molar-refractivity contribution in [1.29, 1.82) is 0 Å². The van der Waals surface area contributed by atoms with E-state index in [0.29, 0.717) is 18.5 Å². The molecule has 0 amide bonds. The lowest BCUT2D eigenvalue weighted by atomic mass is 9.53. The normalized spacial score (nSPS) is 38.8. The standard InChI is InChI=1S/C17H17NO6/c1-18-5-4-17-6-2-3-7(19)16(17)24-15-9(17)8(11(20)10(6)18)12(21)13(22)14(15)23/h2-3,6-7,10,16,19,21-23H,4-5H2,1H3/t6-,7-,10-,16-,17-/m0/s1. The number of nitrogens with zero attached hydrogens (tertiary/aromatic N) is 1. The molecule has 2 heterocycles. The predicted molar refractivity (Wildman–Crippen MR) is 81.5 cm³/mol. The first-order valence-corrected chi connectivity index (χ1v) is 7.98. The summed E-state index contributed by atoms with van der Waals surface area (Å²) in [6, 6.07) is -0.498. The molecule has 0 saturated carbocycles. The van der Waals surface area contributed by atoms with E-state index in [1.165, 1.54) is 0 Å². The lowest BCUT2D eigenvalue weighted by Gasteiger charge is -2.55. The first-order chi connectivity index (χ1) is 11.4. The molecule has 5 atom stereocenters. The fourth-order valence-corrected chi connectivity index (χ4v) is 5.21. The van der Waals surface area contributed by atoms with Crippen LogP contribution in [0.15, 0.2) is 12.2 Å². The van der Waals surface area contributed by atoms with Gasteiger partial charge in [0.25, 0.3) is 0 Å². The third-order valence-corrected chi connectivity index (χ3v) is 6.22. The van der Waals surface area contributed by atoms with Gasteiger partial charge in [0.05, 0.1) is 11.6 Å². The van der Waals surface area contributed by atoms with Crippen molar-refractivity contribution < 1.29 is 30.0 Å². The minimum Gasteiger partial charge on any atom is -0.504 e. The van der Waals surface area contributed by atoms with Crippen molar-refractivity contribution in [1.82, 2.24) is 4.90 Å². The summed E-state index contributed by atoms with van der Waals surface area (Å²) in [7, 11) is 1.85. The highest BCUT2D eigenvalue weighted by molar-refractivity contribution is 6.08. The Hall–Kier alpha value is -2.25. The number of likely N-dealkylation sites (N-methyl/N-ethyl adjacent to an activating group) is 1. The van der Waals surface area contributed by atoms with Crippen LogP contribution in [0.25, 0.3) is 0 Å². The summed E-state index contributed by atoms with van der Waals surface area (Å²) in [5.74, 6) is -2.45. The zero-order valence-electron chi connectivity index (χ0n) is 12.9. The van der Waals surface area contributed by atoms with E-state index in [-0.39, 0.29) is 23.0 Å². The first-order valence-electron chi connectivity index (χ1n) is 7.98. The molecule has 24 heavy (non-hydrogen) atoms. The van der Waals surface area contributed by atoms with Gasteiger partial charge in [0.1, 0.15) is 12.2 Å². The average Bonchev–Trinajstić information content (AvgIpc) is 2.89. The van der Waals surface area contributed by atoms with Crippen LogP contribution < -0.4 is 4.74 Å². The second-order valence-electron chi connectivity index (χ2n) is 7.14. The van der Waals surface area contributed by atoms with Crippen LogP contribution in [-0.4, -0.2) is 63.0 Å². The molecule has 1 spiro atoms. The summed E-state index contributed by atoms with van der Waals surface area (Å²) in [5, 5.41) is 41.0. The molecular formula is C17H17NO6. The van der Waals surface area contributed by atoms with Gasteiger partial charge in [-0.15, -0.1) is 0 Å². The molecule has 1 aromatic rings. The molecule has 1 aromatic carbocycles. The Balaban J connectivity index is 1.93. The Morgan fingerprint density at radius 1 is 1.21 bits per heavy atom. The van der Waals surface area contributed by atoms with Gasteiger partial charge < -0.3 is 25.2 Å². The van der Waals surface area contributed by atoms with Gasteiger partial charge in [0.15, 0.2) is 17.3 Å². The number of phenols is 3. The average molecular weight is 331 g/mol. The second kappa shape index (κ2) is 4.04. The number of rotatable bonds is 0. The molecule has 4 aliphatic rings. The van der Waals surface area contributed by atoms with Gasteiger partial charge in [-0.1, -0.05) is 12.2 Å². The predicted octanol–water partition coefficient (Wildman–Crippen LogP) is 0.249. The van der Waals surface area contributed by atoms with Crippen molar-refractivity contribution in [3.63, 3.8) is 0 Å². The molecule has 0 aromatic heterocycles. The Morgan fingerprint density at radius 2 is 1.96 bits per heavy atom. The number of ether oxygens (including phenoxy) is 1. The van der Waals surface area contributed by atoms with Gasteiger partial charge in [-0.2, -0.15) is 0 Å². The van der Waals surface area contributed by atoms with Crippen LogP contribution in [0.2, 0.25) is 0 Å². The van der Waals surface area contributed by atoms with Crippen LogP contribution in [0.1, 0.15) is 22.3 Å². The minimum atomic E-state index is -0.887. The maximum absolute atomic E-state index is 13.1. The molecule has 0 unspecified atom stereocenters. The van der Waals surface area contributed by atoms with Gasteiger partial charge >= 0.3 is 0 Å². The Labute approximate surface area is 137 Å². The number of aromatic hydroxyl groups is 3. The van der Waals surface area contributed by atoms with Crippen LogP contribution in [0.5, 0.6) is 23.0 Å². The molecule has 5 rings (SSSR count). The maximum Gasteiger partial charge on any atom is 0.205 e. The molecule has 126 valence electrons. The molecule has 1 fully saturated rings. The number of hydrogen-bond acceptors (Lipinski definition) is 7. The Bertz CT molecular complexity index is 833. The number of phenolic OH excluding ortho intramolecular Hbond substituents is 3. The minimum absolute atomic E-state index is 0.00871. The molecule has 0 radical (unpaired) electrons. The van der Waals surface area contributed by atoms with Crippen molar-refractivity contribution >= 4 is 5.78 Å². The van der Waals surface area contributed by atoms with Crippen molar-refractivity contribution in [2.24, 2.45) is 5.92 Å². The third kappa shape index (κ3) is 1.24. The summed E-state index contributed by atoms with van der Waals surface area (Å²) < 4.78 is 5.85. The highest BCUT2D eigenvalue weighted by atomic mass is 16.5. The number of benzene rings is 1. The number of carbonyl (C=O) groups excluding carboxylic acids is 1. The number of ketones is 1. The van der Waals surface area contributed by atoms with Gasteiger partial charge in [0, 0.05) is 16.9 Å². The fourth-order valence-electron chi connectivity index (χ4n) is 5.21. The van der Waals surface area contributed by atoms with Crippen molar-refractivity contribution in [3.8, 4) is 23.0 Å². The van der Waals surface area contributed by atoms with Gasteiger partial charge in [-0.3, -0.25) is 9.69 Å². The fraction of sp³-hybridized carbons (Fsp3) is 0.471. The van der Waals surface area contributed by atoms with E-state index in [0.717, 1.165) is 0 Å². The number of piperidine rings is 1. The first kappa shape index (κ1) is 14.1.